The number of anilines is 1. The maximum absolute atomic E-state index is 12.0. The van der Waals surface area contributed by atoms with Gasteiger partial charge in [-0.3, -0.25) is 10.1 Å². The molecular formula is C14H14N2O5S2. The SMILES string of the molecule is Cc1csc(NC(=O)COC(=O)c2ccccc2S(C)(=O)=O)n1. The van der Waals surface area contributed by atoms with Crippen LogP contribution in [0.3, 0.4) is 0 Å². The molecule has 0 fully saturated rings. The third-order valence-corrected chi connectivity index (χ3v) is 4.74. The van der Waals surface area contributed by atoms with E-state index in [2.05, 4.69) is 10.3 Å². The van der Waals surface area contributed by atoms with Crippen LogP contribution in [0.2, 0.25) is 0 Å². The third-order valence-electron chi connectivity index (χ3n) is 2.71. The van der Waals surface area contributed by atoms with E-state index in [1.54, 1.807) is 12.3 Å². The first-order valence-corrected chi connectivity index (χ1v) is 9.22. The lowest BCUT2D eigenvalue weighted by Gasteiger charge is -2.08. The molecule has 0 aliphatic rings. The number of carbonyl (C=O) groups excluding carboxylic acids is 2. The Bertz CT molecular complexity index is 842. The van der Waals surface area contributed by atoms with Gasteiger partial charge in [0.25, 0.3) is 5.91 Å². The molecule has 2 rings (SSSR count). The minimum absolute atomic E-state index is 0.104. The molecule has 23 heavy (non-hydrogen) atoms. The van der Waals surface area contributed by atoms with Crippen molar-refractivity contribution in [3.05, 3.63) is 40.9 Å². The summed E-state index contributed by atoms with van der Waals surface area (Å²) in [4.78, 5) is 27.6. The number of ether oxygens (including phenoxy) is 1. The van der Waals surface area contributed by atoms with E-state index in [1.165, 1.54) is 35.6 Å². The van der Waals surface area contributed by atoms with Crippen LogP contribution in [-0.4, -0.2) is 38.1 Å². The van der Waals surface area contributed by atoms with Gasteiger partial charge in [-0.1, -0.05) is 12.1 Å². The van der Waals surface area contributed by atoms with Crippen molar-refractivity contribution < 1.29 is 22.7 Å². The highest BCUT2D eigenvalue weighted by molar-refractivity contribution is 7.90. The summed E-state index contributed by atoms with van der Waals surface area (Å²) in [6, 6.07) is 5.67. The van der Waals surface area contributed by atoms with Crippen molar-refractivity contribution in [3.63, 3.8) is 0 Å². The Morgan fingerprint density at radius 2 is 2.00 bits per heavy atom. The lowest BCUT2D eigenvalue weighted by atomic mass is 10.2. The van der Waals surface area contributed by atoms with Crippen molar-refractivity contribution in [3.8, 4) is 0 Å². The van der Waals surface area contributed by atoms with Gasteiger partial charge in [0.15, 0.2) is 21.6 Å². The van der Waals surface area contributed by atoms with Gasteiger partial charge in [-0.05, 0) is 19.1 Å². The molecule has 0 spiro atoms. The molecule has 0 bridgehead atoms. The number of amides is 1. The smallest absolute Gasteiger partial charge is 0.339 e. The van der Waals surface area contributed by atoms with Crippen LogP contribution in [0, 0.1) is 6.92 Å². The van der Waals surface area contributed by atoms with Crippen molar-refractivity contribution in [2.75, 3.05) is 18.2 Å². The fourth-order valence-corrected chi connectivity index (χ4v) is 3.32. The predicted molar refractivity (Wildman–Crippen MR) is 85.3 cm³/mol. The van der Waals surface area contributed by atoms with Crippen LogP contribution in [0.1, 0.15) is 16.1 Å². The number of esters is 1. The maximum Gasteiger partial charge on any atom is 0.339 e. The number of hydrogen-bond acceptors (Lipinski definition) is 7. The van der Waals surface area contributed by atoms with Gasteiger partial charge >= 0.3 is 5.97 Å². The van der Waals surface area contributed by atoms with E-state index in [1.807, 2.05) is 0 Å². The number of aryl methyl sites for hydroxylation is 1. The summed E-state index contributed by atoms with van der Waals surface area (Å²) in [5, 5.41) is 4.66. The molecule has 0 unspecified atom stereocenters. The quantitative estimate of drug-likeness (QED) is 0.819. The van der Waals surface area contributed by atoms with Crippen molar-refractivity contribution >= 4 is 38.2 Å². The highest BCUT2D eigenvalue weighted by atomic mass is 32.2. The zero-order valence-corrected chi connectivity index (χ0v) is 14.0. The Labute approximate surface area is 137 Å². The second-order valence-corrected chi connectivity index (χ2v) is 7.53. The topological polar surface area (TPSA) is 102 Å². The minimum atomic E-state index is -3.57. The molecule has 0 saturated heterocycles. The van der Waals surface area contributed by atoms with Crippen LogP contribution in [-0.2, 0) is 19.4 Å². The molecule has 7 nitrogen and oxygen atoms in total. The lowest BCUT2D eigenvalue weighted by Crippen LogP contribution is -2.21. The number of thiazole rings is 1. The molecule has 1 aromatic heterocycles. The van der Waals surface area contributed by atoms with Gasteiger partial charge in [0.05, 0.1) is 16.2 Å². The highest BCUT2D eigenvalue weighted by Crippen LogP contribution is 2.17. The Balaban J connectivity index is 2.02. The van der Waals surface area contributed by atoms with Gasteiger partial charge in [-0.2, -0.15) is 0 Å². The number of nitrogens with one attached hydrogen (secondary N) is 1. The normalized spacial score (nSPS) is 11.0. The largest absolute Gasteiger partial charge is 0.452 e. The van der Waals surface area contributed by atoms with E-state index < -0.39 is 28.3 Å². The van der Waals surface area contributed by atoms with Crippen LogP contribution in [0.4, 0.5) is 5.13 Å². The zero-order chi connectivity index (χ0) is 17.0. The third kappa shape index (κ3) is 4.60. The van der Waals surface area contributed by atoms with E-state index >= 15 is 0 Å². The number of rotatable bonds is 5. The number of nitrogens with zero attached hydrogens (tertiary/aromatic N) is 1. The first-order chi connectivity index (χ1) is 10.8. The van der Waals surface area contributed by atoms with Crippen LogP contribution in [0.5, 0.6) is 0 Å². The lowest BCUT2D eigenvalue weighted by molar-refractivity contribution is -0.119. The number of sulfone groups is 1. The van der Waals surface area contributed by atoms with E-state index in [4.69, 9.17) is 4.74 Å². The number of aromatic nitrogens is 1. The maximum atomic E-state index is 12.0. The second kappa shape index (κ2) is 6.88. The molecule has 9 heteroatoms. The molecular weight excluding hydrogens is 340 g/mol. The fraction of sp³-hybridized carbons (Fsp3) is 0.214. The van der Waals surface area contributed by atoms with Gasteiger partial charge in [0.2, 0.25) is 0 Å². The summed E-state index contributed by atoms with van der Waals surface area (Å²) in [6.07, 6.45) is 0.997. The summed E-state index contributed by atoms with van der Waals surface area (Å²) in [5.74, 6) is -1.43. The molecule has 1 amide bonds. The zero-order valence-electron chi connectivity index (χ0n) is 12.4. The summed E-state index contributed by atoms with van der Waals surface area (Å²) in [5.41, 5.74) is 0.664. The van der Waals surface area contributed by atoms with E-state index in [0.717, 1.165) is 11.9 Å². The van der Waals surface area contributed by atoms with Gasteiger partial charge in [-0.15, -0.1) is 11.3 Å². The van der Waals surface area contributed by atoms with Crippen LogP contribution in [0.15, 0.2) is 34.5 Å². The minimum Gasteiger partial charge on any atom is -0.452 e. The summed E-state index contributed by atoms with van der Waals surface area (Å²) in [6.45, 7) is 1.25. The van der Waals surface area contributed by atoms with E-state index in [9.17, 15) is 18.0 Å². The molecule has 0 atom stereocenters. The molecule has 0 radical (unpaired) electrons. The Hall–Kier alpha value is -2.26. The standard InChI is InChI=1S/C14H14N2O5S2/c1-9-8-22-14(15-9)16-12(17)7-21-13(18)10-5-3-4-6-11(10)23(2,19)20/h3-6,8H,7H2,1-2H3,(H,15,16,17). The molecule has 0 aliphatic heterocycles. The van der Waals surface area contributed by atoms with Gasteiger partial charge in [0, 0.05) is 11.6 Å². The number of carbonyl (C=O) groups is 2. The molecule has 0 saturated carbocycles. The van der Waals surface area contributed by atoms with Crippen molar-refractivity contribution in [1.82, 2.24) is 4.98 Å². The van der Waals surface area contributed by atoms with Crippen LogP contribution < -0.4 is 5.32 Å². The van der Waals surface area contributed by atoms with E-state index in [-0.39, 0.29) is 10.5 Å². The van der Waals surface area contributed by atoms with Crippen LogP contribution in [0.25, 0.3) is 0 Å². The Kier molecular flexibility index (Phi) is 5.12. The average Bonchev–Trinajstić information content (AvgIpc) is 2.89. The average molecular weight is 354 g/mol. The van der Waals surface area contributed by atoms with Gasteiger partial charge < -0.3 is 4.74 Å². The number of benzene rings is 1. The molecule has 2 aromatic rings. The van der Waals surface area contributed by atoms with Crippen molar-refractivity contribution in [1.29, 1.82) is 0 Å². The summed E-state index contributed by atoms with van der Waals surface area (Å²) >= 11 is 1.25. The second-order valence-electron chi connectivity index (χ2n) is 4.69. The van der Waals surface area contributed by atoms with Crippen molar-refractivity contribution in [2.24, 2.45) is 0 Å². The molecule has 1 heterocycles. The van der Waals surface area contributed by atoms with Gasteiger partial charge in [-0.25, -0.2) is 18.2 Å². The first kappa shape index (κ1) is 17.1. The highest BCUT2D eigenvalue weighted by Gasteiger charge is 2.20. The monoisotopic (exact) mass is 354 g/mol. The summed E-state index contributed by atoms with van der Waals surface area (Å²) in [7, 11) is -3.57. The van der Waals surface area contributed by atoms with Crippen LogP contribution >= 0.6 is 11.3 Å². The Morgan fingerprint density at radius 1 is 1.30 bits per heavy atom. The summed E-state index contributed by atoms with van der Waals surface area (Å²) < 4.78 is 28.2. The molecule has 1 N–H and O–H groups in total. The number of hydrogen-bond donors (Lipinski definition) is 1. The molecule has 0 aliphatic carbocycles. The fourth-order valence-electron chi connectivity index (χ4n) is 1.73. The van der Waals surface area contributed by atoms with Crippen molar-refractivity contribution in [2.45, 2.75) is 11.8 Å². The predicted octanol–water partition coefficient (Wildman–Crippen LogP) is 1.65. The first-order valence-electron chi connectivity index (χ1n) is 6.45. The van der Waals surface area contributed by atoms with Gasteiger partial charge in [0.1, 0.15) is 0 Å². The molecule has 1 aromatic carbocycles. The molecule has 122 valence electrons. The Morgan fingerprint density at radius 3 is 2.61 bits per heavy atom. The van der Waals surface area contributed by atoms with E-state index in [0.29, 0.717) is 5.13 Å².